The van der Waals surface area contributed by atoms with Crippen LogP contribution in [0.4, 0.5) is 0 Å². The van der Waals surface area contributed by atoms with Crippen LogP contribution in [0.1, 0.15) is 11.1 Å². The Morgan fingerprint density at radius 1 is 1.42 bits per heavy atom. The smallest absolute Gasteiger partial charge is 0.260 e. The Bertz CT molecular complexity index is 320. The quantitative estimate of drug-likeness (QED) is 0.630. The van der Waals surface area contributed by atoms with Gasteiger partial charge >= 0.3 is 0 Å². The van der Waals surface area contributed by atoms with E-state index in [1.165, 1.54) is 5.56 Å². The topological polar surface area (TPSA) is 30.8 Å². The Kier molecular flexibility index (Phi) is 1.70. The second-order valence-corrected chi connectivity index (χ2v) is 2.66. The van der Waals surface area contributed by atoms with Gasteiger partial charge in [0.15, 0.2) is 0 Å². The summed E-state index contributed by atoms with van der Waals surface area (Å²) in [5.41, 5.74) is 2.15. The molecule has 3 nitrogen and oxygen atoms in total. The lowest BCUT2D eigenvalue weighted by Gasteiger charge is -1.98. The first kappa shape index (κ1) is 7.16. The van der Waals surface area contributed by atoms with Gasteiger partial charge in [0, 0.05) is 5.56 Å². The summed E-state index contributed by atoms with van der Waals surface area (Å²) in [5, 5.41) is 3.74. The minimum Gasteiger partial charge on any atom is -0.435 e. The number of nitrogens with zero attached hydrogens (tertiary/aromatic N) is 1. The summed E-state index contributed by atoms with van der Waals surface area (Å²) in [4.78, 5) is 4.72. The molecule has 0 saturated carbocycles. The molecule has 0 unspecified atom stereocenters. The molecule has 1 aromatic carbocycles. The van der Waals surface area contributed by atoms with Crippen molar-refractivity contribution in [3.8, 4) is 0 Å². The number of hydrogen-bond donors (Lipinski definition) is 0. The van der Waals surface area contributed by atoms with E-state index in [-0.39, 0.29) is 6.79 Å². The molecule has 0 N–H and O–H groups in total. The molecule has 0 atom stereocenters. The predicted molar refractivity (Wildman–Crippen MR) is 44.8 cm³/mol. The van der Waals surface area contributed by atoms with E-state index in [1.807, 2.05) is 31.2 Å². The van der Waals surface area contributed by atoms with E-state index in [1.54, 1.807) is 0 Å². The van der Waals surface area contributed by atoms with Crippen molar-refractivity contribution in [3.63, 3.8) is 0 Å². The van der Waals surface area contributed by atoms with Crippen LogP contribution < -0.4 is 0 Å². The predicted octanol–water partition coefficient (Wildman–Crippen LogP) is 1.66. The van der Waals surface area contributed by atoms with Gasteiger partial charge in [-0.15, -0.1) is 0 Å². The lowest BCUT2D eigenvalue weighted by Crippen LogP contribution is -2.00. The maximum absolute atomic E-state index is 5.12. The first-order valence-electron chi connectivity index (χ1n) is 3.76. The molecule has 0 fully saturated rings. The zero-order valence-corrected chi connectivity index (χ0v) is 6.78. The van der Waals surface area contributed by atoms with Crippen LogP contribution in [0.5, 0.6) is 0 Å². The molecule has 0 spiro atoms. The van der Waals surface area contributed by atoms with Gasteiger partial charge in [-0.3, -0.25) is 0 Å². The summed E-state index contributed by atoms with van der Waals surface area (Å²) in [7, 11) is 0. The molecule has 0 bridgehead atoms. The minimum atomic E-state index is 0.225. The first-order valence-corrected chi connectivity index (χ1v) is 3.76. The zero-order chi connectivity index (χ0) is 8.39. The molecule has 0 amide bonds. The van der Waals surface area contributed by atoms with E-state index in [4.69, 9.17) is 9.57 Å². The summed E-state index contributed by atoms with van der Waals surface area (Å²) < 4.78 is 5.12. The first-order chi connectivity index (χ1) is 5.86. The van der Waals surface area contributed by atoms with Crippen molar-refractivity contribution < 1.29 is 9.57 Å². The van der Waals surface area contributed by atoms with Crippen LogP contribution in [0.25, 0.3) is 0 Å². The molecule has 2 rings (SSSR count). The van der Waals surface area contributed by atoms with Gasteiger partial charge in [0.05, 0.1) is 0 Å². The van der Waals surface area contributed by atoms with Gasteiger partial charge in [-0.2, -0.15) is 0 Å². The molecule has 1 aliphatic rings. The van der Waals surface area contributed by atoms with Gasteiger partial charge < -0.3 is 9.57 Å². The van der Waals surface area contributed by atoms with E-state index < -0.39 is 0 Å². The summed E-state index contributed by atoms with van der Waals surface area (Å²) in [6.45, 7) is 2.25. The maximum atomic E-state index is 5.12. The Morgan fingerprint density at radius 3 is 3.00 bits per heavy atom. The fourth-order valence-corrected chi connectivity index (χ4v) is 1.11. The second kappa shape index (κ2) is 2.85. The minimum absolute atomic E-state index is 0.225. The molecule has 0 aromatic heterocycles. The number of ether oxygens (including phenoxy) is 1. The number of benzene rings is 1. The van der Waals surface area contributed by atoms with E-state index in [9.17, 15) is 0 Å². The fourth-order valence-electron chi connectivity index (χ4n) is 1.11. The summed E-state index contributed by atoms with van der Waals surface area (Å²) in [6.07, 6.45) is 0. The molecule has 62 valence electrons. The third-order valence-corrected chi connectivity index (χ3v) is 1.66. The monoisotopic (exact) mass is 163 g/mol. The Morgan fingerprint density at radius 2 is 2.33 bits per heavy atom. The number of hydrogen-bond acceptors (Lipinski definition) is 3. The third-order valence-electron chi connectivity index (χ3n) is 1.66. The van der Waals surface area contributed by atoms with Gasteiger partial charge in [-0.1, -0.05) is 17.7 Å². The molecule has 3 heteroatoms. The van der Waals surface area contributed by atoms with E-state index in [0.717, 1.165) is 5.56 Å². The molecule has 1 aliphatic heterocycles. The Labute approximate surface area is 70.6 Å². The van der Waals surface area contributed by atoms with Crippen LogP contribution in [0.15, 0.2) is 29.4 Å². The molecule has 1 aromatic rings. The lowest BCUT2D eigenvalue weighted by molar-refractivity contribution is 0.0583. The van der Waals surface area contributed by atoms with Crippen molar-refractivity contribution in [2.45, 2.75) is 6.92 Å². The van der Waals surface area contributed by atoms with Crippen LogP contribution in [0, 0.1) is 6.92 Å². The van der Waals surface area contributed by atoms with Crippen LogP contribution in [0.2, 0.25) is 0 Å². The number of oxime groups is 1. The normalized spacial score (nSPS) is 14.9. The standard InChI is InChI=1S/C9H9NO2/c1-7-3-2-4-8(5-7)9-10-12-6-11-9/h2-5H,6H2,1H3. The summed E-state index contributed by atoms with van der Waals surface area (Å²) in [6, 6.07) is 7.95. The lowest BCUT2D eigenvalue weighted by atomic mass is 10.1. The van der Waals surface area contributed by atoms with Gasteiger partial charge in [0.2, 0.25) is 0 Å². The van der Waals surface area contributed by atoms with Crippen LogP contribution in [-0.4, -0.2) is 12.7 Å². The average Bonchev–Trinajstić information content (AvgIpc) is 2.56. The average molecular weight is 163 g/mol. The molecule has 1 heterocycles. The Balaban J connectivity index is 2.33. The van der Waals surface area contributed by atoms with Crippen LogP contribution in [-0.2, 0) is 9.57 Å². The molecule has 0 radical (unpaired) electrons. The number of aryl methyl sites for hydroxylation is 1. The van der Waals surface area contributed by atoms with Crippen LogP contribution in [0.3, 0.4) is 0 Å². The molecular weight excluding hydrogens is 154 g/mol. The number of rotatable bonds is 1. The van der Waals surface area contributed by atoms with E-state index in [0.29, 0.717) is 5.90 Å². The van der Waals surface area contributed by atoms with Gasteiger partial charge in [0.25, 0.3) is 12.7 Å². The molecule has 0 aliphatic carbocycles. The third kappa shape index (κ3) is 1.25. The maximum Gasteiger partial charge on any atom is 0.260 e. The zero-order valence-electron chi connectivity index (χ0n) is 6.78. The highest BCUT2D eigenvalue weighted by Crippen LogP contribution is 2.09. The molecule has 12 heavy (non-hydrogen) atoms. The van der Waals surface area contributed by atoms with Crippen molar-refractivity contribution in [1.82, 2.24) is 0 Å². The van der Waals surface area contributed by atoms with E-state index >= 15 is 0 Å². The molecular formula is C9H9NO2. The highest BCUT2D eigenvalue weighted by molar-refractivity contribution is 5.94. The SMILES string of the molecule is Cc1cccc(C2=NOCO2)c1. The van der Waals surface area contributed by atoms with Gasteiger partial charge in [-0.25, -0.2) is 0 Å². The Hall–Kier alpha value is -1.51. The van der Waals surface area contributed by atoms with Crippen molar-refractivity contribution in [2.24, 2.45) is 5.16 Å². The van der Waals surface area contributed by atoms with Crippen molar-refractivity contribution in [1.29, 1.82) is 0 Å². The summed E-state index contributed by atoms with van der Waals surface area (Å²) in [5.74, 6) is 0.568. The second-order valence-electron chi connectivity index (χ2n) is 2.66. The fraction of sp³-hybridized carbons (Fsp3) is 0.222. The van der Waals surface area contributed by atoms with Crippen molar-refractivity contribution >= 4 is 5.90 Å². The van der Waals surface area contributed by atoms with Crippen LogP contribution >= 0.6 is 0 Å². The van der Waals surface area contributed by atoms with Crippen molar-refractivity contribution in [2.75, 3.05) is 6.79 Å². The summed E-state index contributed by atoms with van der Waals surface area (Å²) >= 11 is 0. The van der Waals surface area contributed by atoms with Gasteiger partial charge in [0.1, 0.15) is 0 Å². The largest absolute Gasteiger partial charge is 0.435 e. The molecule has 0 saturated heterocycles. The van der Waals surface area contributed by atoms with E-state index in [2.05, 4.69) is 5.16 Å². The van der Waals surface area contributed by atoms with Gasteiger partial charge in [-0.05, 0) is 24.2 Å². The van der Waals surface area contributed by atoms with Crippen molar-refractivity contribution in [3.05, 3.63) is 35.4 Å². The highest BCUT2D eigenvalue weighted by Gasteiger charge is 2.10. The highest BCUT2D eigenvalue weighted by atomic mass is 16.8.